The molecule has 2 heterocycles. The quantitative estimate of drug-likeness (QED) is 0.859. The van der Waals surface area contributed by atoms with Crippen molar-refractivity contribution < 1.29 is 9.53 Å². The van der Waals surface area contributed by atoms with Gasteiger partial charge in [-0.1, -0.05) is 17.7 Å². The SMILES string of the molecule is Cc1ccc(O[C@H]2C[C@@H]3CN(CC(=O)c4cn[nH]c4)C[C@@H]3C2)cc1. The van der Waals surface area contributed by atoms with Gasteiger partial charge in [0, 0.05) is 19.3 Å². The Morgan fingerprint density at radius 2 is 1.96 bits per heavy atom. The zero-order valence-electron chi connectivity index (χ0n) is 13.9. The van der Waals surface area contributed by atoms with Gasteiger partial charge in [0.15, 0.2) is 5.78 Å². The Bertz CT molecular complexity index is 682. The summed E-state index contributed by atoms with van der Waals surface area (Å²) in [6.45, 7) is 4.59. The van der Waals surface area contributed by atoms with Crippen LogP contribution in [0.3, 0.4) is 0 Å². The van der Waals surface area contributed by atoms with Crippen molar-refractivity contribution in [3.8, 4) is 5.75 Å². The van der Waals surface area contributed by atoms with E-state index in [0.717, 1.165) is 31.7 Å². The molecule has 0 unspecified atom stereocenters. The molecular formula is C19H23N3O2. The summed E-state index contributed by atoms with van der Waals surface area (Å²) in [7, 11) is 0. The number of ketones is 1. The zero-order chi connectivity index (χ0) is 16.5. The van der Waals surface area contributed by atoms with E-state index in [9.17, 15) is 4.79 Å². The molecule has 4 rings (SSSR count). The Balaban J connectivity index is 1.29. The van der Waals surface area contributed by atoms with Crippen LogP contribution in [0.15, 0.2) is 36.7 Å². The minimum Gasteiger partial charge on any atom is -0.490 e. The summed E-state index contributed by atoms with van der Waals surface area (Å²) in [6, 6.07) is 8.29. The van der Waals surface area contributed by atoms with Crippen molar-refractivity contribution in [1.29, 1.82) is 0 Å². The van der Waals surface area contributed by atoms with Crippen LogP contribution in [0.2, 0.25) is 0 Å². The zero-order valence-corrected chi connectivity index (χ0v) is 13.9. The number of nitrogens with zero attached hydrogens (tertiary/aromatic N) is 2. The largest absolute Gasteiger partial charge is 0.490 e. The van der Waals surface area contributed by atoms with Crippen LogP contribution in [0, 0.1) is 18.8 Å². The summed E-state index contributed by atoms with van der Waals surface area (Å²) in [5.74, 6) is 2.42. The average molecular weight is 325 g/mol. The number of ether oxygens (including phenoxy) is 1. The van der Waals surface area contributed by atoms with Crippen molar-refractivity contribution >= 4 is 5.78 Å². The predicted molar refractivity (Wildman–Crippen MR) is 91.2 cm³/mol. The minimum atomic E-state index is 0.149. The summed E-state index contributed by atoms with van der Waals surface area (Å²) in [6.07, 6.45) is 5.77. The lowest BCUT2D eigenvalue weighted by atomic mass is 10.0. The average Bonchev–Trinajstić information content (AvgIpc) is 3.25. The Labute approximate surface area is 142 Å². The van der Waals surface area contributed by atoms with Crippen molar-refractivity contribution in [2.45, 2.75) is 25.9 Å². The van der Waals surface area contributed by atoms with E-state index in [1.807, 2.05) is 0 Å². The third kappa shape index (κ3) is 3.22. The van der Waals surface area contributed by atoms with Crippen molar-refractivity contribution in [3.05, 3.63) is 47.8 Å². The van der Waals surface area contributed by atoms with Crippen LogP contribution < -0.4 is 4.74 Å². The summed E-state index contributed by atoms with van der Waals surface area (Å²) < 4.78 is 6.14. The number of carbonyl (C=O) groups excluding carboxylic acids is 1. The molecule has 5 nitrogen and oxygen atoms in total. The van der Waals surface area contributed by atoms with Crippen molar-refractivity contribution in [3.63, 3.8) is 0 Å². The van der Waals surface area contributed by atoms with Gasteiger partial charge < -0.3 is 4.74 Å². The first-order valence-electron chi connectivity index (χ1n) is 8.65. The fourth-order valence-corrected chi connectivity index (χ4v) is 4.07. The van der Waals surface area contributed by atoms with Gasteiger partial charge in [0.05, 0.1) is 24.4 Å². The van der Waals surface area contributed by atoms with Crippen molar-refractivity contribution in [2.24, 2.45) is 11.8 Å². The molecular weight excluding hydrogens is 302 g/mol. The first-order valence-corrected chi connectivity index (χ1v) is 8.65. The van der Waals surface area contributed by atoms with E-state index in [0.29, 0.717) is 30.0 Å². The highest BCUT2D eigenvalue weighted by Gasteiger charge is 2.42. The highest BCUT2D eigenvalue weighted by molar-refractivity contribution is 5.97. The lowest BCUT2D eigenvalue weighted by Crippen LogP contribution is -2.29. The first kappa shape index (κ1) is 15.4. The van der Waals surface area contributed by atoms with E-state index in [4.69, 9.17) is 4.74 Å². The fraction of sp³-hybridized carbons (Fsp3) is 0.474. The molecule has 24 heavy (non-hydrogen) atoms. The summed E-state index contributed by atoms with van der Waals surface area (Å²) in [5.41, 5.74) is 1.93. The molecule has 2 aliphatic rings. The van der Waals surface area contributed by atoms with Gasteiger partial charge in [-0.25, -0.2) is 0 Å². The maximum Gasteiger partial charge on any atom is 0.179 e. The molecule has 1 saturated carbocycles. The number of H-pyrrole nitrogens is 1. The number of Topliss-reactive ketones (excluding diaryl/α,β-unsaturated/α-hetero) is 1. The van der Waals surface area contributed by atoms with Crippen LogP contribution in [0.5, 0.6) is 5.75 Å². The normalized spacial score (nSPS) is 26.5. The van der Waals surface area contributed by atoms with E-state index in [-0.39, 0.29) is 5.78 Å². The van der Waals surface area contributed by atoms with Gasteiger partial charge in [-0.2, -0.15) is 5.10 Å². The molecule has 1 saturated heterocycles. The van der Waals surface area contributed by atoms with Gasteiger partial charge >= 0.3 is 0 Å². The van der Waals surface area contributed by atoms with E-state index in [1.165, 1.54) is 5.56 Å². The van der Waals surface area contributed by atoms with E-state index >= 15 is 0 Å². The molecule has 1 aromatic carbocycles. The third-order valence-corrected chi connectivity index (χ3v) is 5.29. The number of aromatic amines is 1. The number of aromatic nitrogens is 2. The van der Waals surface area contributed by atoms with Crippen LogP contribution in [0.1, 0.15) is 28.8 Å². The number of hydrogen-bond donors (Lipinski definition) is 1. The molecule has 1 aliphatic carbocycles. The molecule has 1 N–H and O–H groups in total. The third-order valence-electron chi connectivity index (χ3n) is 5.29. The van der Waals surface area contributed by atoms with Crippen LogP contribution >= 0.6 is 0 Å². The van der Waals surface area contributed by atoms with Crippen LogP contribution in [0.25, 0.3) is 0 Å². The molecule has 1 aliphatic heterocycles. The molecule has 0 radical (unpaired) electrons. The number of aryl methyl sites for hydroxylation is 1. The molecule has 0 spiro atoms. The Kier molecular flexibility index (Phi) is 4.10. The maximum atomic E-state index is 12.2. The number of hydrogen-bond acceptors (Lipinski definition) is 4. The Morgan fingerprint density at radius 3 is 2.58 bits per heavy atom. The molecule has 126 valence electrons. The van der Waals surface area contributed by atoms with Gasteiger partial charge in [-0.05, 0) is 43.7 Å². The Morgan fingerprint density at radius 1 is 1.25 bits per heavy atom. The predicted octanol–water partition coefficient (Wildman–Crippen LogP) is 2.69. The lowest BCUT2D eigenvalue weighted by Gasteiger charge is -2.19. The van der Waals surface area contributed by atoms with Gasteiger partial charge in [0.25, 0.3) is 0 Å². The van der Waals surface area contributed by atoms with E-state index in [2.05, 4.69) is 46.3 Å². The smallest absolute Gasteiger partial charge is 0.179 e. The van der Waals surface area contributed by atoms with Crippen molar-refractivity contribution in [2.75, 3.05) is 19.6 Å². The van der Waals surface area contributed by atoms with Gasteiger partial charge in [-0.3, -0.25) is 14.8 Å². The van der Waals surface area contributed by atoms with Gasteiger partial charge in [0.2, 0.25) is 0 Å². The number of carbonyl (C=O) groups is 1. The van der Waals surface area contributed by atoms with Crippen LogP contribution in [-0.2, 0) is 0 Å². The standard InChI is InChI=1S/C19H23N3O2/c1-13-2-4-17(5-3-13)24-18-6-14-10-22(11-15(14)7-18)12-19(23)16-8-20-21-9-16/h2-5,8-9,14-15,18H,6-7,10-12H2,1H3,(H,20,21)/t14-,15+,18+. The second kappa shape index (κ2) is 6.40. The monoisotopic (exact) mass is 325 g/mol. The number of likely N-dealkylation sites (tertiary alicyclic amines) is 1. The number of rotatable bonds is 5. The molecule has 1 aromatic heterocycles. The number of benzene rings is 1. The summed E-state index contributed by atoms with van der Waals surface area (Å²) in [5, 5.41) is 6.55. The number of nitrogens with one attached hydrogen (secondary N) is 1. The lowest BCUT2D eigenvalue weighted by molar-refractivity contribution is 0.0937. The van der Waals surface area contributed by atoms with E-state index in [1.54, 1.807) is 12.4 Å². The van der Waals surface area contributed by atoms with Crippen LogP contribution in [0.4, 0.5) is 0 Å². The Hall–Kier alpha value is -2.14. The second-order valence-corrected chi connectivity index (χ2v) is 7.15. The highest BCUT2D eigenvalue weighted by Crippen LogP contribution is 2.39. The maximum absolute atomic E-state index is 12.2. The second-order valence-electron chi connectivity index (χ2n) is 7.15. The number of fused-ring (bicyclic) bond motifs is 1. The molecule has 3 atom stereocenters. The van der Waals surface area contributed by atoms with Gasteiger partial charge in [0.1, 0.15) is 5.75 Å². The van der Waals surface area contributed by atoms with Gasteiger partial charge in [-0.15, -0.1) is 0 Å². The summed E-state index contributed by atoms with van der Waals surface area (Å²) >= 11 is 0. The molecule has 5 heteroatoms. The van der Waals surface area contributed by atoms with Crippen molar-refractivity contribution in [1.82, 2.24) is 15.1 Å². The summed E-state index contributed by atoms with van der Waals surface area (Å²) in [4.78, 5) is 14.5. The fourth-order valence-electron chi connectivity index (χ4n) is 4.07. The van der Waals surface area contributed by atoms with Crippen LogP contribution in [-0.4, -0.2) is 46.6 Å². The minimum absolute atomic E-state index is 0.149. The first-order chi connectivity index (χ1) is 11.7. The molecule has 0 bridgehead atoms. The molecule has 0 amide bonds. The molecule has 2 aromatic rings. The molecule has 2 fully saturated rings. The highest BCUT2D eigenvalue weighted by atomic mass is 16.5. The topological polar surface area (TPSA) is 58.2 Å². The van der Waals surface area contributed by atoms with E-state index < -0.39 is 0 Å².